The molecule has 0 unspecified atom stereocenters. The zero-order valence-corrected chi connectivity index (χ0v) is 25.6. The van der Waals surface area contributed by atoms with Crippen LogP contribution in [-0.4, -0.2) is 41.8 Å². The maximum Gasteiger partial charge on any atom is 0.308 e. The van der Waals surface area contributed by atoms with Gasteiger partial charge in [-0.15, -0.1) is 0 Å². The van der Waals surface area contributed by atoms with Gasteiger partial charge in [0.2, 0.25) is 17.7 Å². The van der Waals surface area contributed by atoms with Gasteiger partial charge < -0.3 is 14.8 Å². The van der Waals surface area contributed by atoms with E-state index < -0.39 is 23.0 Å². The number of thioether (sulfide) groups is 1. The Kier molecular flexibility index (Phi) is 7.69. The molecule has 0 radical (unpaired) electrons. The highest BCUT2D eigenvalue weighted by Gasteiger charge is 2.57. The zero-order chi connectivity index (χ0) is 29.5. The van der Waals surface area contributed by atoms with Gasteiger partial charge in [0.1, 0.15) is 23.3 Å². The molecule has 3 aromatic carbocycles. The van der Waals surface area contributed by atoms with Crippen LogP contribution in [0.3, 0.4) is 0 Å². The molecule has 2 aliphatic rings. The number of carbonyl (C=O) groups excluding carboxylic acids is 3. The number of anilines is 2. The normalized spacial score (nSPS) is 19.3. The molecule has 6 rings (SSSR count). The Morgan fingerprint density at radius 1 is 0.929 bits per heavy atom. The highest BCUT2D eigenvalue weighted by Crippen LogP contribution is 2.55. The lowest BCUT2D eigenvalue weighted by molar-refractivity contribution is -0.122. The summed E-state index contributed by atoms with van der Waals surface area (Å²) in [5.41, 5.74) is 1.73. The maximum absolute atomic E-state index is 14.0. The number of rotatable bonds is 7. The van der Waals surface area contributed by atoms with Crippen LogP contribution in [0.5, 0.6) is 11.5 Å². The molecule has 3 atom stereocenters. The standard InChI is InChI=1S/C30H24BrN3O6S2/c1-39-19-13-9-17(10-14-19)32-22(35)15-33-29-26(42-30(33)38)23(20-5-3-4-6-21(20)40-2)24-25(41-29)28(37)34(27(24)36)18-11-7-16(31)8-12-18/h3-14,23-25H,15H2,1-2H3,(H,32,35)/t23-,24-,25+/m0/s1. The lowest BCUT2D eigenvalue weighted by Gasteiger charge is -2.31. The van der Waals surface area contributed by atoms with E-state index in [1.165, 1.54) is 21.2 Å². The van der Waals surface area contributed by atoms with E-state index in [1.807, 2.05) is 18.2 Å². The Bertz CT molecular complexity index is 1750. The fourth-order valence-corrected chi connectivity index (χ4v) is 8.41. The average Bonchev–Trinajstić information content (AvgIpc) is 3.44. The highest BCUT2D eigenvalue weighted by atomic mass is 79.9. The van der Waals surface area contributed by atoms with Gasteiger partial charge in [-0.2, -0.15) is 0 Å². The van der Waals surface area contributed by atoms with Crippen LogP contribution in [0.15, 0.2) is 87.1 Å². The van der Waals surface area contributed by atoms with Crippen LogP contribution in [0.25, 0.3) is 0 Å². The lowest BCUT2D eigenvalue weighted by Crippen LogP contribution is -2.33. The van der Waals surface area contributed by atoms with Gasteiger partial charge in [-0.05, 0) is 54.6 Å². The number of nitrogens with zero attached hydrogens (tertiary/aromatic N) is 2. The number of nitrogens with one attached hydrogen (secondary N) is 1. The molecule has 0 aliphatic carbocycles. The predicted molar refractivity (Wildman–Crippen MR) is 165 cm³/mol. The van der Waals surface area contributed by atoms with Crippen LogP contribution < -0.4 is 24.6 Å². The van der Waals surface area contributed by atoms with Crippen LogP contribution in [0, 0.1) is 5.92 Å². The Balaban J connectivity index is 1.41. The summed E-state index contributed by atoms with van der Waals surface area (Å²) in [4.78, 5) is 55.9. The summed E-state index contributed by atoms with van der Waals surface area (Å²) in [5.74, 6) is -1.30. The summed E-state index contributed by atoms with van der Waals surface area (Å²) in [7, 11) is 3.10. The molecule has 3 amide bonds. The molecule has 2 aliphatic heterocycles. The van der Waals surface area contributed by atoms with Crippen molar-refractivity contribution in [2.24, 2.45) is 5.92 Å². The van der Waals surface area contributed by atoms with Gasteiger partial charge in [-0.1, -0.05) is 57.2 Å². The second-order valence-electron chi connectivity index (χ2n) is 9.67. The number of benzene rings is 3. The zero-order valence-electron chi connectivity index (χ0n) is 22.4. The van der Waals surface area contributed by atoms with Gasteiger partial charge in [0.05, 0.1) is 30.9 Å². The smallest absolute Gasteiger partial charge is 0.308 e. The fourth-order valence-electron chi connectivity index (χ4n) is 5.38. The van der Waals surface area contributed by atoms with Crippen molar-refractivity contribution < 1.29 is 23.9 Å². The van der Waals surface area contributed by atoms with Crippen molar-refractivity contribution in [3.63, 3.8) is 0 Å². The largest absolute Gasteiger partial charge is 0.497 e. The monoisotopic (exact) mass is 665 g/mol. The minimum Gasteiger partial charge on any atom is -0.497 e. The first kappa shape index (κ1) is 28.3. The van der Waals surface area contributed by atoms with E-state index in [4.69, 9.17) is 9.47 Å². The molecule has 4 aromatic rings. The summed E-state index contributed by atoms with van der Waals surface area (Å²) in [6, 6.07) is 21.2. The third-order valence-corrected chi connectivity index (χ3v) is 10.4. The van der Waals surface area contributed by atoms with Crippen LogP contribution in [0.2, 0.25) is 0 Å². The molecular formula is C30H24BrN3O6S2. The van der Waals surface area contributed by atoms with Gasteiger partial charge in [0.15, 0.2) is 0 Å². The molecule has 12 heteroatoms. The second kappa shape index (κ2) is 11.4. The number of carbonyl (C=O) groups is 3. The molecule has 0 spiro atoms. The number of thiazole rings is 1. The van der Waals surface area contributed by atoms with Crippen LogP contribution in [0.4, 0.5) is 11.4 Å². The molecule has 3 heterocycles. The third kappa shape index (κ3) is 4.93. The van der Waals surface area contributed by atoms with Crippen LogP contribution in [-0.2, 0) is 20.9 Å². The summed E-state index contributed by atoms with van der Waals surface area (Å²) in [6.45, 7) is -0.252. The summed E-state index contributed by atoms with van der Waals surface area (Å²) < 4.78 is 13.0. The van der Waals surface area contributed by atoms with Gasteiger partial charge in [-0.25, -0.2) is 4.90 Å². The number of hydrogen-bond donors (Lipinski definition) is 1. The number of imide groups is 1. The van der Waals surface area contributed by atoms with E-state index in [2.05, 4.69) is 21.2 Å². The maximum atomic E-state index is 14.0. The lowest BCUT2D eigenvalue weighted by atomic mass is 9.82. The quantitative estimate of drug-likeness (QED) is 0.273. The molecule has 9 nitrogen and oxygen atoms in total. The van der Waals surface area contributed by atoms with E-state index in [-0.39, 0.29) is 23.2 Å². The molecule has 0 bridgehead atoms. The molecule has 1 N–H and O–H groups in total. The number of amides is 3. The van der Waals surface area contributed by atoms with E-state index in [9.17, 15) is 19.2 Å². The molecule has 1 aromatic heterocycles. The van der Waals surface area contributed by atoms with Crippen molar-refractivity contribution in [3.8, 4) is 11.5 Å². The number of fused-ring (bicyclic) bond motifs is 2. The Hall–Kier alpha value is -3.87. The summed E-state index contributed by atoms with van der Waals surface area (Å²) in [6.07, 6.45) is 0. The Labute approximate surface area is 257 Å². The number of methoxy groups -OCH3 is 2. The van der Waals surface area contributed by atoms with Crippen LogP contribution in [0.1, 0.15) is 16.4 Å². The van der Waals surface area contributed by atoms with Crippen molar-refractivity contribution in [2.75, 3.05) is 24.4 Å². The second-order valence-corrected chi connectivity index (χ2v) is 12.7. The van der Waals surface area contributed by atoms with Gasteiger partial charge >= 0.3 is 4.87 Å². The number of hydrogen-bond acceptors (Lipinski definition) is 8. The third-order valence-electron chi connectivity index (χ3n) is 7.28. The van der Waals surface area contributed by atoms with Crippen molar-refractivity contribution >= 4 is 68.1 Å². The number of ether oxygens (including phenoxy) is 2. The van der Waals surface area contributed by atoms with E-state index in [0.29, 0.717) is 38.3 Å². The molecule has 1 saturated heterocycles. The number of para-hydroxylation sites is 1. The first-order valence-corrected chi connectivity index (χ1v) is 15.4. The molecule has 214 valence electrons. The predicted octanol–water partition coefficient (Wildman–Crippen LogP) is 5.12. The molecular weight excluding hydrogens is 642 g/mol. The summed E-state index contributed by atoms with van der Waals surface area (Å²) >= 11 is 5.56. The molecule has 42 heavy (non-hydrogen) atoms. The summed E-state index contributed by atoms with van der Waals surface area (Å²) in [5, 5.41) is 2.52. The van der Waals surface area contributed by atoms with E-state index in [0.717, 1.165) is 15.8 Å². The van der Waals surface area contributed by atoms with Crippen molar-refractivity contribution in [3.05, 3.63) is 97.4 Å². The highest BCUT2D eigenvalue weighted by molar-refractivity contribution is 9.10. The molecule has 0 saturated carbocycles. The van der Waals surface area contributed by atoms with E-state index in [1.54, 1.807) is 68.8 Å². The van der Waals surface area contributed by atoms with Crippen molar-refractivity contribution in [1.29, 1.82) is 0 Å². The topological polar surface area (TPSA) is 107 Å². The first-order chi connectivity index (χ1) is 20.3. The van der Waals surface area contributed by atoms with Gasteiger partial charge in [-0.3, -0.25) is 23.7 Å². The van der Waals surface area contributed by atoms with Gasteiger partial charge in [0.25, 0.3) is 0 Å². The minimum atomic E-state index is -0.798. The fraction of sp³-hybridized carbons (Fsp3) is 0.200. The van der Waals surface area contributed by atoms with Crippen LogP contribution >= 0.6 is 39.0 Å². The Morgan fingerprint density at radius 2 is 1.64 bits per heavy atom. The Morgan fingerprint density at radius 3 is 2.33 bits per heavy atom. The van der Waals surface area contributed by atoms with Crippen molar-refractivity contribution in [1.82, 2.24) is 4.57 Å². The molecule has 1 fully saturated rings. The van der Waals surface area contributed by atoms with E-state index >= 15 is 0 Å². The van der Waals surface area contributed by atoms with Gasteiger partial charge in [0, 0.05) is 26.5 Å². The number of aromatic nitrogens is 1. The first-order valence-electron chi connectivity index (χ1n) is 12.9. The van der Waals surface area contributed by atoms with Crippen molar-refractivity contribution in [2.45, 2.75) is 22.7 Å². The SMILES string of the molecule is COc1ccc(NC(=O)Cn2c3c(sc2=O)[C@@H](c2ccccc2OC)[C@@H]2C(=O)N(c4ccc(Br)cc4)C(=O)[C@@H]2S3)cc1. The minimum absolute atomic E-state index is 0.252. The average molecular weight is 667 g/mol. The number of halogens is 1.